The highest BCUT2D eigenvalue weighted by Gasteiger charge is 2.14. The Morgan fingerprint density at radius 2 is 1.32 bits per heavy atom. The first-order valence-corrected chi connectivity index (χ1v) is 7.88. The summed E-state index contributed by atoms with van der Waals surface area (Å²) in [5.74, 6) is -0.465. The van der Waals surface area contributed by atoms with Crippen LogP contribution in [0.25, 0.3) is 6.08 Å². The molecule has 0 amide bonds. The monoisotopic (exact) mass is 328 g/mol. The highest BCUT2D eigenvalue weighted by molar-refractivity contribution is 6.09. The van der Waals surface area contributed by atoms with E-state index in [2.05, 4.69) is 0 Å². The van der Waals surface area contributed by atoms with E-state index in [0.717, 1.165) is 5.56 Å². The molecule has 0 spiro atoms. The second-order valence-electron chi connectivity index (χ2n) is 5.36. The topological polar surface area (TPSA) is 43.4 Å². The first kappa shape index (κ1) is 16.4. The third-order valence-corrected chi connectivity index (χ3v) is 3.59. The number of carbonyl (C=O) groups excluding carboxylic acids is 2. The summed E-state index contributed by atoms with van der Waals surface area (Å²) in [5, 5.41) is 0. The molecule has 3 rings (SSSR count). The molecule has 3 aromatic rings. The molecule has 3 nitrogen and oxygen atoms in total. The van der Waals surface area contributed by atoms with E-state index in [9.17, 15) is 9.59 Å². The van der Waals surface area contributed by atoms with Crippen molar-refractivity contribution in [2.75, 3.05) is 0 Å². The Morgan fingerprint density at radius 3 is 2.04 bits per heavy atom. The first-order chi connectivity index (χ1) is 12.2. The van der Waals surface area contributed by atoms with Crippen LogP contribution >= 0.6 is 0 Å². The number of carbonyl (C=O) groups is 2. The van der Waals surface area contributed by atoms with Gasteiger partial charge in [0.15, 0.2) is 5.78 Å². The number of rotatable bonds is 5. The molecule has 0 unspecified atom stereocenters. The van der Waals surface area contributed by atoms with Crippen LogP contribution in [-0.2, 0) is 0 Å². The third kappa shape index (κ3) is 4.30. The maximum atomic E-state index is 12.5. The lowest BCUT2D eigenvalue weighted by Crippen LogP contribution is -2.10. The summed E-state index contributed by atoms with van der Waals surface area (Å²) in [4.78, 5) is 24.7. The number of hydrogen-bond acceptors (Lipinski definition) is 3. The Bertz CT molecular complexity index is 897. The molecule has 0 atom stereocenters. The van der Waals surface area contributed by atoms with Crippen LogP contribution in [0.4, 0.5) is 0 Å². The molecular weight excluding hydrogens is 312 g/mol. The maximum absolute atomic E-state index is 12.5. The van der Waals surface area contributed by atoms with Gasteiger partial charge in [-0.1, -0.05) is 66.7 Å². The van der Waals surface area contributed by atoms with Crippen LogP contribution in [-0.4, -0.2) is 11.8 Å². The van der Waals surface area contributed by atoms with Gasteiger partial charge in [-0.15, -0.1) is 0 Å². The minimum absolute atomic E-state index is 0.222. The SMILES string of the molecule is O=C(Oc1ccccc1C(=O)/C=C/c1ccccc1)c1ccccc1. The van der Waals surface area contributed by atoms with Crippen molar-refractivity contribution in [3.63, 3.8) is 0 Å². The maximum Gasteiger partial charge on any atom is 0.343 e. The number of benzene rings is 3. The number of ether oxygens (including phenoxy) is 1. The minimum atomic E-state index is -0.493. The van der Waals surface area contributed by atoms with Crippen molar-refractivity contribution in [1.82, 2.24) is 0 Å². The summed E-state index contributed by atoms with van der Waals surface area (Å²) in [7, 11) is 0. The van der Waals surface area contributed by atoms with Gasteiger partial charge in [-0.2, -0.15) is 0 Å². The predicted molar refractivity (Wildman–Crippen MR) is 97.6 cm³/mol. The van der Waals surface area contributed by atoms with Crippen molar-refractivity contribution in [1.29, 1.82) is 0 Å². The Hall–Kier alpha value is -3.46. The average molecular weight is 328 g/mol. The number of ketones is 1. The van der Waals surface area contributed by atoms with E-state index in [4.69, 9.17) is 4.74 Å². The molecule has 0 bridgehead atoms. The largest absolute Gasteiger partial charge is 0.422 e. The van der Waals surface area contributed by atoms with E-state index >= 15 is 0 Å². The lowest BCUT2D eigenvalue weighted by Gasteiger charge is -2.08. The second-order valence-corrected chi connectivity index (χ2v) is 5.36. The quantitative estimate of drug-likeness (QED) is 0.292. The zero-order chi connectivity index (χ0) is 17.5. The summed E-state index contributed by atoms with van der Waals surface area (Å²) in [5.41, 5.74) is 1.71. The fourth-order valence-corrected chi connectivity index (χ4v) is 2.32. The van der Waals surface area contributed by atoms with Crippen LogP contribution in [0.5, 0.6) is 5.75 Å². The fraction of sp³-hybridized carbons (Fsp3) is 0. The molecule has 0 aliphatic carbocycles. The van der Waals surface area contributed by atoms with E-state index < -0.39 is 5.97 Å². The summed E-state index contributed by atoms with van der Waals surface area (Å²) in [6.45, 7) is 0. The Morgan fingerprint density at radius 1 is 0.720 bits per heavy atom. The van der Waals surface area contributed by atoms with Crippen LogP contribution < -0.4 is 4.74 Å². The van der Waals surface area contributed by atoms with Gasteiger partial charge in [-0.05, 0) is 35.9 Å². The Balaban J connectivity index is 1.80. The van der Waals surface area contributed by atoms with E-state index in [1.807, 2.05) is 36.4 Å². The van der Waals surface area contributed by atoms with Crippen molar-refractivity contribution < 1.29 is 14.3 Å². The minimum Gasteiger partial charge on any atom is -0.422 e. The molecule has 0 saturated carbocycles. The van der Waals surface area contributed by atoms with Crippen LogP contribution in [0, 0.1) is 0 Å². The Kier molecular flexibility index (Phi) is 5.17. The van der Waals surface area contributed by atoms with Crippen molar-refractivity contribution in [2.45, 2.75) is 0 Å². The highest BCUT2D eigenvalue weighted by Crippen LogP contribution is 2.21. The van der Waals surface area contributed by atoms with E-state index in [-0.39, 0.29) is 11.5 Å². The zero-order valence-corrected chi connectivity index (χ0v) is 13.5. The van der Waals surface area contributed by atoms with E-state index in [1.54, 1.807) is 54.6 Å². The van der Waals surface area contributed by atoms with Gasteiger partial charge < -0.3 is 4.74 Å². The summed E-state index contributed by atoms with van der Waals surface area (Å²) in [6.07, 6.45) is 3.21. The smallest absolute Gasteiger partial charge is 0.343 e. The van der Waals surface area contributed by atoms with Gasteiger partial charge in [0.25, 0.3) is 0 Å². The summed E-state index contributed by atoms with van der Waals surface area (Å²) >= 11 is 0. The number of hydrogen-bond donors (Lipinski definition) is 0. The van der Waals surface area contributed by atoms with Crippen LogP contribution in [0.2, 0.25) is 0 Å². The van der Waals surface area contributed by atoms with Crippen molar-refractivity contribution in [3.8, 4) is 5.75 Å². The molecule has 0 aliphatic rings. The average Bonchev–Trinajstić information content (AvgIpc) is 2.68. The van der Waals surface area contributed by atoms with E-state index in [0.29, 0.717) is 11.1 Å². The van der Waals surface area contributed by atoms with Crippen molar-refractivity contribution in [2.24, 2.45) is 0 Å². The highest BCUT2D eigenvalue weighted by atomic mass is 16.5. The van der Waals surface area contributed by atoms with E-state index in [1.165, 1.54) is 6.08 Å². The predicted octanol–water partition coefficient (Wildman–Crippen LogP) is 4.80. The van der Waals surface area contributed by atoms with Crippen molar-refractivity contribution in [3.05, 3.63) is 108 Å². The zero-order valence-electron chi connectivity index (χ0n) is 13.5. The van der Waals surface area contributed by atoms with Gasteiger partial charge in [0.1, 0.15) is 5.75 Å². The molecule has 0 radical (unpaired) electrons. The summed E-state index contributed by atoms with van der Waals surface area (Å²) < 4.78 is 5.41. The number of esters is 1. The van der Waals surface area contributed by atoms with Gasteiger partial charge in [0.05, 0.1) is 11.1 Å². The molecule has 122 valence electrons. The first-order valence-electron chi connectivity index (χ1n) is 7.88. The van der Waals surface area contributed by atoms with Crippen LogP contribution in [0.15, 0.2) is 91.0 Å². The Labute approximate surface area is 146 Å². The fourth-order valence-electron chi connectivity index (χ4n) is 2.32. The second kappa shape index (κ2) is 7.88. The van der Waals surface area contributed by atoms with Crippen LogP contribution in [0.1, 0.15) is 26.3 Å². The molecule has 0 N–H and O–H groups in total. The molecule has 0 aromatic heterocycles. The lowest BCUT2D eigenvalue weighted by molar-refractivity contribution is 0.0733. The summed E-state index contributed by atoms with van der Waals surface area (Å²) in [6, 6.07) is 24.9. The molecule has 0 fully saturated rings. The van der Waals surface area contributed by atoms with Gasteiger partial charge in [-0.25, -0.2) is 4.79 Å². The standard InChI is InChI=1S/C22H16O3/c23-20(16-15-17-9-3-1-4-10-17)19-13-7-8-14-21(19)25-22(24)18-11-5-2-6-12-18/h1-16H/b16-15+. The van der Waals surface area contributed by atoms with Crippen LogP contribution in [0.3, 0.4) is 0 Å². The van der Waals surface area contributed by atoms with Gasteiger partial charge >= 0.3 is 5.97 Å². The molecule has 0 saturated heterocycles. The third-order valence-electron chi connectivity index (χ3n) is 3.59. The normalized spacial score (nSPS) is 10.6. The van der Waals surface area contributed by atoms with Gasteiger partial charge in [-0.3, -0.25) is 4.79 Å². The molecule has 0 aliphatic heterocycles. The lowest BCUT2D eigenvalue weighted by atomic mass is 10.1. The van der Waals surface area contributed by atoms with Gasteiger partial charge in [0, 0.05) is 0 Å². The van der Waals surface area contributed by atoms with Crippen molar-refractivity contribution >= 4 is 17.8 Å². The van der Waals surface area contributed by atoms with Gasteiger partial charge in [0.2, 0.25) is 0 Å². The molecule has 0 heterocycles. The molecule has 3 heteroatoms. The molecular formula is C22H16O3. The number of allylic oxidation sites excluding steroid dienone is 1. The number of para-hydroxylation sites is 1. The molecule has 25 heavy (non-hydrogen) atoms. The molecule has 3 aromatic carbocycles.